The van der Waals surface area contributed by atoms with Gasteiger partial charge < -0.3 is 5.32 Å². The van der Waals surface area contributed by atoms with Crippen molar-refractivity contribution < 1.29 is 0 Å². The Labute approximate surface area is 104 Å². The highest BCUT2D eigenvalue weighted by Crippen LogP contribution is 2.24. The molecular formula is C14H23NS. The van der Waals surface area contributed by atoms with Gasteiger partial charge in [0, 0.05) is 16.7 Å². The molecule has 2 unspecified atom stereocenters. The molecule has 1 aromatic carbocycles. The molecule has 0 radical (unpaired) electrons. The smallest absolute Gasteiger partial charge is 0.0289 e. The standard InChI is InChI=1S/C14H23NS/c1-5-11(2)10-16-14-8-6-7-13(9-14)12(3)15-4/h6-9,11-12,15H,5,10H2,1-4H3. The quantitative estimate of drug-likeness (QED) is 0.747. The molecule has 16 heavy (non-hydrogen) atoms. The summed E-state index contributed by atoms with van der Waals surface area (Å²) in [7, 11) is 2.00. The second kappa shape index (κ2) is 6.97. The zero-order chi connectivity index (χ0) is 12.0. The molecule has 0 fully saturated rings. The van der Waals surface area contributed by atoms with Crippen molar-refractivity contribution in [2.24, 2.45) is 5.92 Å². The zero-order valence-corrected chi connectivity index (χ0v) is 11.6. The predicted octanol–water partition coefficient (Wildman–Crippen LogP) is 4.11. The molecule has 1 nitrogen and oxygen atoms in total. The molecule has 1 aromatic rings. The first-order chi connectivity index (χ1) is 7.67. The molecule has 0 heterocycles. The number of nitrogens with one attached hydrogen (secondary N) is 1. The zero-order valence-electron chi connectivity index (χ0n) is 10.8. The van der Waals surface area contributed by atoms with E-state index in [4.69, 9.17) is 0 Å². The van der Waals surface area contributed by atoms with E-state index in [2.05, 4.69) is 50.4 Å². The molecule has 0 aliphatic heterocycles. The maximum atomic E-state index is 3.28. The van der Waals surface area contributed by atoms with E-state index in [0.717, 1.165) is 5.92 Å². The Balaban J connectivity index is 2.60. The normalized spacial score (nSPS) is 14.8. The summed E-state index contributed by atoms with van der Waals surface area (Å²) in [6.07, 6.45) is 1.26. The summed E-state index contributed by atoms with van der Waals surface area (Å²) in [5.74, 6) is 2.02. The van der Waals surface area contributed by atoms with Crippen LogP contribution in [0.2, 0.25) is 0 Å². The SMILES string of the molecule is CCC(C)CSc1cccc(C(C)NC)c1. The first-order valence-corrected chi connectivity index (χ1v) is 7.06. The van der Waals surface area contributed by atoms with Crippen LogP contribution >= 0.6 is 11.8 Å². The van der Waals surface area contributed by atoms with Gasteiger partial charge in [-0.3, -0.25) is 0 Å². The molecule has 1 rings (SSSR count). The van der Waals surface area contributed by atoms with E-state index in [9.17, 15) is 0 Å². The van der Waals surface area contributed by atoms with Crippen molar-refractivity contribution in [3.8, 4) is 0 Å². The van der Waals surface area contributed by atoms with E-state index < -0.39 is 0 Å². The van der Waals surface area contributed by atoms with E-state index in [1.807, 2.05) is 18.8 Å². The summed E-state index contributed by atoms with van der Waals surface area (Å²) in [6.45, 7) is 6.76. The molecule has 0 aromatic heterocycles. The number of hydrogen-bond acceptors (Lipinski definition) is 2. The van der Waals surface area contributed by atoms with Gasteiger partial charge in [0.1, 0.15) is 0 Å². The van der Waals surface area contributed by atoms with Gasteiger partial charge in [-0.15, -0.1) is 11.8 Å². The lowest BCUT2D eigenvalue weighted by atomic mass is 10.1. The van der Waals surface area contributed by atoms with Crippen LogP contribution in [-0.4, -0.2) is 12.8 Å². The van der Waals surface area contributed by atoms with Gasteiger partial charge in [-0.25, -0.2) is 0 Å². The lowest BCUT2D eigenvalue weighted by Crippen LogP contribution is -2.12. The predicted molar refractivity (Wildman–Crippen MR) is 74.1 cm³/mol. The number of benzene rings is 1. The third kappa shape index (κ3) is 4.18. The van der Waals surface area contributed by atoms with Crippen LogP contribution in [0.3, 0.4) is 0 Å². The van der Waals surface area contributed by atoms with Crippen LogP contribution in [0.25, 0.3) is 0 Å². The highest BCUT2D eigenvalue weighted by atomic mass is 32.2. The van der Waals surface area contributed by atoms with Gasteiger partial charge in [0.15, 0.2) is 0 Å². The molecule has 90 valence electrons. The fourth-order valence-electron chi connectivity index (χ4n) is 1.40. The number of hydrogen-bond donors (Lipinski definition) is 1. The van der Waals surface area contributed by atoms with Crippen LogP contribution < -0.4 is 5.32 Å². The molecule has 0 bridgehead atoms. The Morgan fingerprint density at radius 3 is 2.69 bits per heavy atom. The first-order valence-electron chi connectivity index (χ1n) is 6.07. The van der Waals surface area contributed by atoms with E-state index in [-0.39, 0.29) is 0 Å². The summed E-state index contributed by atoms with van der Waals surface area (Å²) < 4.78 is 0. The highest BCUT2D eigenvalue weighted by molar-refractivity contribution is 7.99. The Hall–Kier alpha value is -0.470. The van der Waals surface area contributed by atoms with Gasteiger partial charge in [0.2, 0.25) is 0 Å². The minimum Gasteiger partial charge on any atom is -0.313 e. The van der Waals surface area contributed by atoms with Crippen molar-refractivity contribution in [2.45, 2.75) is 38.1 Å². The van der Waals surface area contributed by atoms with Crippen molar-refractivity contribution in [3.63, 3.8) is 0 Å². The fraction of sp³-hybridized carbons (Fsp3) is 0.571. The van der Waals surface area contributed by atoms with Gasteiger partial charge in [-0.05, 0) is 37.6 Å². The number of thioether (sulfide) groups is 1. The van der Waals surface area contributed by atoms with Crippen LogP contribution in [0.4, 0.5) is 0 Å². The third-order valence-electron chi connectivity index (χ3n) is 3.02. The maximum absolute atomic E-state index is 3.28. The van der Waals surface area contributed by atoms with Crippen LogP contribution in [0, 0.1) is 5.92 Å². The summed E-state index contributed by atoms with van der Waals surface area (Å²) in [4.78, 5) is 1.39. The van der Waals surface area contributed by atoms with Crippen LogP contribution in [-0.2, 0) is 0 Å². The molecular weight excluding hydrogens is 214 g/mol. The van der Waals surface area contributed by atoms with Crippen molar-refractivity contribution in [3.05, 3.63) is 29.8 Å². The van der Waals surface area contributed by atoms with E-state index in [1.165, 1.54) is 22.6 Å². The number of rotatable bonds is 6. The van der Waals surface area contributed by atoms with Crippen molar-refractivity contribution >= 4 is 11.8 Å². The molecule has 0 saturated carbocycles. The Bertz CT molecular complexity index is 311. The average Bonchev–Trinajstić information content (AvgIpc) is 2.35. The highest BCUT2D eigenvalue weighted by Gasteiger charge is 2.04. The van der Waals surface area contributed by atoms with E-state index in [1.54, 1.807) is 0 Å². The molecule has 0 saturated heterocycles. The molecule has 0 amide bonds. The largest absolute Gasteiger partial charge is 0.313 e. The average molecular weight is 237 g/mol. The molecule has 2 atom stereocenters. The van der Waals surface area contributed by atoms with Gasteiger partial charge in [-0.1, -0.05) is 32.4 Å². The first kappa shape index (κ1) is 13.6. The molecule has 0 aliphatic carbocycles. The monoisotopic (exact) mass is 237 g/mol. The summed E-state index contributed by atoms with van der Waals surface area (Å²) >= 11 is 1.97. The lowest BCUT2D eigenvalue weighted by Gasteiger charge is -2.13. The fourth-order valence-corrected chi connectivity index (χ4v) is 2.50. The molecule has 2 heteroatoms. The molecule has 0 spiro atoms. The van der Waals surface area contributed by atoms with Crippen molar-refractivity contribution in [1.29, 1.82) is 0 Å². The lowest BCUT2D eigenvalue weighted by molar-refractivity contribution is 0.636. The maximum Gasteiger partial charge on any atom is 0.0289 e. The van der Waals surface area contributed by atoms with Crippen LogP contribution in [0.1, 0.15) is 38.8 Å². The summed E-state index contributed by atoms with van der Waals surface area (Å²) in [5, 5.41) is 3.28. The Morgan fingerprint density at radius 1 is 1.31 bits per heavy atom. The second-order valence-electron chi connectivity index (χ2n) is 4.41. The van der Waals surface area contributed by atoms with Crippen LogP contribution in [0.15, 0.2) is 29.2 Å². The van der Waals surface area contributed by atoms with Crippen molar-refractivity contribution in [1.82, 2.24) is 5.32 Å². The molecule has 1 N–H and O–H groups in total. The molecule has 0 aliphatic rings. The second-order valence-corrected chi connectivity index (χ2v) is 5.50. The summed E-state index contributed by atoms with van der Waals surface area (Å²) in [5.41, 5.74) is 1.37. The van der Waals surface area contributed by atoms with Crippen LogP contribution in [0.5, 0.6) is 0 Å². The van der Waals surface area contributed by atoms with Gasteiger partial charge >= 0.3 is 0 Å². The topological polar surface area (TPSA) is 12.0 Å². The van der Waals surface area contributed by atoms with Gasteiger partial charge in [0.05, 0.1) is 0 Å². The van der Waals surface area contributed by atoms with Crippen molar-refractivity contribution in [2.75, 3.05) is 12.8 Å². The Kier molecular flexibility index (Phi) is 5.93. The van der Waals surface area contributed by atoms with E-state index in [0.29, 0.717) is 6.04 Å². The van der Waals surface area contributed by atoms with Gasteiger partial charge in [0.25, 0.3) is 0 Å². The van der Waals surface area contributed by atoms with Gasteiger partial charge in [-0.2, -0.15) is 0 Å². The minimum absolute atomic E-state index is 0.434. The summed E-state index contributed by atoms with van der Waals surface area (Å²) in [6, 6.07) is 9.29. The minimum atomic E-state index is 0.434. The van der Waals surface area contributed by atoms with E-state index >= 15 is 0 Å². The third-order valence-corrected chi connectivity index (χ3v) is 4.35. The Morgan fingerprint density at radius 2 is 2.06 bits per heavy atom.